The van der Waals surface area contributed by atoms with Gasteiger partial charge in [-0.25, -0.2) is 0 Å². The monoisotopic (exact) mass is 216 g/mol. The molecule has 1 rings (SSSR count). The zero-order chi connectivity index (χ0) is 9.73. The third-order valence-corrected chi connectivity index (χ3v) is 5.17. The van der Waals surface area contributed by atoms with Gasteiger partial charge in [0, 0.05) is 7.11 Å². The van der Waals surface area contributed by atoms with E-state index in [0.717, 1.165) is 5.19 Å². The minimum atomic E-state index is -2.23. The zero-order valence-corrected chi connectivity index (χ0v) is 9.54. The quantitative estimate of drug-likeness (QED) is 0.565. The third-order valence-electron chi connectivity index (χ3n) is 2.02. The molecule has 1 aromatic rings. The number of rotatable bonds is 4. The Bertz CT molecular complexity index is 255. The summed E-state index contributed by atoms with van der Waals surface area (Å²) in [6, 6.07) is 10.1. The van der Waals surface area contributed by atoms with E-state index in [2.05, 4.69) is 0 Å². The zero-order valence-electron chi connectivity index (χ0n) is 7.79. The number of hydrogen-bond acceptors (Lipinski definition) is 2. The summed E-state index contributed by atoms with van der Waals surface area (Å²) in [7, 11) is -0.573. The number of hydrogen-bond donors (Lipinski definition) is 0. The van der Waals surface area contributed by atoms with Crippen molar-refractivity contribution in [2.75, 3.05) is 13.2 Å². The van der Waals surface area contributed by atoms with E-state index in [1.165, 1.54) is 0 Å². The molecule has 4 heteroatoms. The van der Waals surface area contributed by atoms with Crippen LogP contribution in [-0.4, -0.2) is 21.7 Å². The first-order valence-electron chi connectivity index (χ1n) is 4.03. The fraction of sp³-hybridized carbons (Fsp3) is 0.333. The molecule has 1 atom stereocenters. The Morgan fingerprint density at radius 3 is 2.38 bits per heavy atom. The van der Waals surface area contributed by atoms with E-state index in [1.54, 1.807) is 7.11 Å². The maximum atomic E-state index is 5.55. The van der Waals surface area contributed by atoms with Gasteiger partial charge in [-0.1, -0.05) is 41.9 Å². The lowest BCUT2D eigenvalue weighted by Gasteiger charge is -2.23. The Morgan fingerprint density at radius 1 is 1.31 bits per heavy atom. The Hall–Kier alpha value is -0.353. The van der Waals surface area contributed by atoms with Gasteiger partial charge >= 0.3 is 8.56 Å². The van der Waals surface area contributed by atoms with Crippen LogP contribution in [0.5, 0.6) is 0 Å². The Labute approximate surface area is 84.7 Å². The fourth-order valence-electron chi connectivity index (χ4n) is 1.11. The molecule has 0 bridgehead atoms. The highest BCUT2D eigenvalue weighted by atomic mass is 35.5. The molecule has 0 aliphatic carbocycles. The molecule has 72 valence electrons. The van der Waals surface area contributed by atoms with Gasteiger partial charge in [-0.05, 0) is 11.7 Å². The van der Waals surface area contributed by atoms with E-state index in [1.807, 2.05) is 36.9 Å². The van der Waals surface area contributed by atoms with Gasteiger partial charge in [0.15, 0.2) is 0 Å². The second-order valence-corrected chi connectivity index (χ2v) is 6.15. The summed E-state index contributed by atoms with van der Waals surface area (Å²) in [5.74, 6) is 0. The SMILES string of the molecule is CO[Si](C)(OCCl)c1ccccc1. The van der Waals surface area contributed by atoms with Crippen LogP contribution in [0.1, 0.15) is 0 Å². The summed E-state index contributed by atoms with van der Waals surface area (Å²) in [4.78, 5) is 0. The van der Waals surface area contributed by atoms with Gasteiger partial charge in [0.2, 0.25) is 0 Å². The van der Waals surface area contributed by atoms with Crippen LogP contribution in [0.2, 0.25) is 6.55 Å². The lowest BCUT2D eigenvalue weighted by atomic mass is 10.4. The predicted octanol–water partition coefficient (Wildman–Crippen LogP) is 1.82. The molecule has 0 N–H and O–H groups in total. The van der Waals surface area contributed by atoms with Crippen molar-refractivity contribution >= 4 is 25.3 Å². The van der Waals surface area contributed by atoms with Crippen molar-refractivity contribution in [2.45, 2.75) is 6.55 Å². The molecule has 0 heterocycles. The minimum Gasteiger partial charge on any atom is -0.394 e. The standard InChI is InChI=1S/C9H13ClO2Si/c1-11-13(2,12-8-10)9-6-4-3-5-7-9/h3-7H,8H2,1-2H3. The van der Waals surface area contributed by atoms with Gasteiger partial charge in [-0.15, -0.1) is 0 Å². The Morgan fingerprint density at radius 2 is 1.92 bits per heavy atom. The van der Waals surface area contributed by atoms with Crippen LogP contribution in [-0.2, 0) is 8.85 Å². The number of alkyl halides is 1. The highest BCUT2D eigenvalue weighted by Crippen LogP contribution is 2.06. The molecule has 13 heavy (non-hydrogen) atoms. The van der Waals surface area contributed by atoms with Crippen molar-refractivity contribution in [1.29, 1.82) is 0 Å². The summed E-state index contributed by atoms with van der Waals surface area (Å²) in [5.41, 5.74) is 0. The summed E-state index contributed by atoms with van der Waals surface area (Å²) < 4.78 is 10.8. The first kappa shape index (κ1) is 10.7. The maximum absolute atomic E-state index is 5.55. The van der Waals surface area contributed by atoms with Crippen molar-refractivity contribution in [2.24, 2.45) is 0 Å². The number of benzene rings is 1. The summed E-state index contributed by atoms with van der Waals surface area (Å²) >= 11 is 5.55. The summed E-state index contributed by atoms with van der Waals surface area (Å²) in [6.07, 6.45) is 0. The summed E-state index contributed by atoms with van der Waals surface area (Å²) in [6.45, 7) is 1.98. The third kappa shape index (κ3) is 2.54. The normalized spacial score (nSPS) is 15.3. The lowest BCUT2D eigenvalue weighted by Crippen LogP contribution is -2.49. The Kier molecular flexibility index (Phi) is 3.93. The number of halogens is 1. The molecule has 0 saturated heterocycles. The van der Waals surface area contributed by atoms with Crippen LogP contribution in [0.3, 0.4) is 0 Å². The smallest absolute Gasteiger partial charge is 0.369 e. The second kappa shape index (κ2) is 4.76. The average molecular weight is 217 g/mol. The molecule has 0 radical (unpaired) electrons. The molecule has 0 aromatic heterocycles. The first-order valence-corrected chi connectivity index (χ1v) is 6.88. The molecule has 0 spiro atoms. The van der Waals surface area contributed by atoms with E-state index in [4.69, 9.17) is 20.5 Å². The second-order valence-electron chi connectivity index (χ2n) is 2.77. The van der Waals surface area contributed by atoms with Crippen LogP contribution in [0.15, 0.2) is 30.3 Å². The van der Waals surface area contributed by atoms with Crippen molar-refractivity contribution in [3.05, 3.63) is 30.3 Å². The topological polar surface area (TPSA) is 18.5 Å². The molecule has 0 amide bonds. The van der Waals surface area contributed by atoms with Crippen LogP contribution >= 0.6 is 11.6 Å². The van der Waals surface area contributed by atoms with Gasteiger partial charge in [0.05, 0.1) is 0 Å². The van der Waals surface area contributed by atoms with Crippen LogP contribution < -0.4 is 5.19 Å². The highest BCUT2D eigenvalue weighted by molar-refractivity contribution is 6.80. The minimum absolute atomic E-state index is 0.172. The fourth-order valence-corrected chi connectivity index (χ4v) is 3.26. The molecule has 0 aliphatic heterocycles. The van der Waals surface area contributed by atoms with Crippen molar-refractivity contribution in [1.82, 2.24) is 0 Å². The van der Waals surface area contributed by atoms with E-state index in [0.29, 0.717) is 0 Å². The van der Waals surface area contributed by atoms with E-state index >= 15 is 0 Å². The van der Waals surface area contributed by atoms with Crippen molar-refractivity contribution in [3.8, 4) is 0 Å². The first-order chi connectivity index (χ1) is 6.23. The average Bonchev–Trinajstić information content (AvgIpc) is 2.19. The molecular formula is C9H13ClO2Si. The van der Waals surface area contributed by atoms with E-state index in [9.17, 15) is 0 Å². The van der Waals surface area contributed by atoms with Crippen molar-refractivity contribution < 1.29 is 8.85 Å². The van der Waals surface area contributed by atoms with Gasteiger partial charge in [0.1, 0.15) is 6.07 Å². The lowest BCUT2D eigenvalue weighted by molar-refractivity contribution is 0.253. The highest BCUT2D eigenvalue weighted by Gasteiger charge is 2.32. The Balaban J connectivity index is 2.89. The van der Waals surface area contributed by atoms with Gasteiger partial charge in [-0.3, -0.25) is 0 Å². The maximum Gasteiger partial charge on any atom is 0.369 e. The molecule has 0 aliphatic rings. The van der Waals surface area contributed by atoms with Gasteiger partial charge < -0.3 is 8.85 Å². The van der Waals surface area contributed by atoms with E-state index < -0.39 is 8.56 Å². The van der Waals surface area contributed by atoms with Crippen LogP contribution in [0.25, 0.3) is 0 Å². The molecular weight excluding hydrogens is 204 g/mol. The van der Waals surface area contributed by atoms with Crippen molar-refractivity contribution in [3.63, 3.8) is 0 Å². The molecule has 0 fully saturated rings. The largest absolute Gasteiger partial charge is 0.394 e. The van der Waals surface area contributed by atoms with E-state index in [-0.39, 0.29) is 6.07 Å². The molecule has 1 aromatic carbocycles. The molecule has 2 nitrogen and oxygen atoms in total. The molecule has 1 unspecified atom stereocenters. The van der Waals surface area contributed by atoms with Gasteiger partial charge in [-0.2, -0.15) is 0 Å². The summed E-state index contributed by atoms with van der Waals surface area (Å²) in [5, 5.41) is 1.10. The van der Waals surface area contributed by atoms with Crippen LogP contribution in [0, 0.1) is 0 Å². The molecule has 0 saturated carbocycles. The predicted molar refractivity (Wildman–Crippen MR) is 56.5 cm³/mol. The van der Waals surface area contributed by atoms with Gasteiger partial charge in [0.25, 0.3) is 0 Å². The van der Waals surface area contributed by atoms with Crippen LogP contribution in [0.4, 0.5) is 0 Å².